The number of anilines is 1. The van der Waals surface area contributed by atoms with Gasteiger partial charge in [0.2, 0.25) is 0 Å². The van der Waals surface area contributed by atoms with Crippen molar-refractivity contribution < 1.29 is 9.13 Å². The van der Waals surface area contributed by atoms with Crippen molar-refractivity contribution in [1.29, 1.82) is 0 Å². The first-order valence-corrected chi connectivity index (χ1v) is 5.92. The van der Waals surface area contributed by atoms with Crippen molar-refractivity contribution in [3.8, 4) is 0 Å². The molecule has 5 heteroatoms. The summed E-state index contributed by atoms with van der Waals surface area (Å²) >= 11 is 0. The third kappa shape index (κ3) is 1.90. The van der Waals surface area contributed by atoms with E-state index in [-0.39, 0.29) is 12.6 Å². The van der Waals surface area contributed by atoms with Gasteiger partial charge in [0, 0.05) is 7.05 Å². The van der Waals surface area contributed by atoms with Gasteiger partial charge in [-0.05, 0) is 12.1 Å². The average Bonchev–Trinajstić information content (AvgIpc) is 2.83. The minimum absolute atomic E-state index is 0.163. The average molecular weight is 247 g/mol. The van der Waals surface area contributed by atoms with Gasteiger partial charge in [-0.25, -0.2) is 9.37 Å². The number of nitrogens with zero attached hydrogens (tertiary/aromatic N) is 3. The molecule has 0 spiro atoms. The Hall–Kier alpha value is -1.75. The van der Waals surface area contributed by atoms with Crippen LogP contribution >= 0.6 is 0 Å². The number of benzene rings is 1. The Morgan fingerprint density at radius 1 is 1.28 bits per heavy atom. The molecule has 0 bridgehead atoms. The molecule has 0 radical (unpaired) electrons. The Labute approximate surface area is 104 Å². The zero-order chi connectivity index (χ0) is 12.5. The number of hydrogen-bond acceptors (Lipinski definition) is 4. The van der Waals surface area contributed by atoms with E-state index < -0.39 is 6.17 Å². The molecule has 1 saturated heterocycles. The number of para-hydroxylation sites is 2. The molecule has 2 aromatic rings. The monoisotopic (exact) mass is 247 g/mol. The molecule has 1 fully saturated rings. The number of rotatable bonds is 2. The Morgan fingerprint density at radius 3 is 2.78 bits per heavy atom. The minimum Gasteiger partial charge on any atom is -0.376 e. The molecule has 2 unspecified atom stereocenters. The molecule has 3 rings (SSSR count). The first-order chi connectivity index (χ1) is 8.75. The van der Waals surface area contributed by atoms with Gasteiger partial charge in [0.1, 0.15) is 12.0 Å². The normalized spacial score (nSPS) is 23.4. The van der Waals surface area contributed by atoms with Gasteiger partial charge in [-0.1, -0.05) is 12.1 Å². The number of aromatic nitrogens is 2. The van der Waals surface area contributed by atoms with Crippen molar-refractivity contribution in [1.82, 2.24) is 9.97 Å². The smallest absolute Gasteiger partial charge is 0.148 e. The van der Waals surface area contributed by atoms with Crippen LogP contribution in [0.1, 0.15) is 0 Å². The molecule has 1 aliphatic heterocycles. The molecule has 0 saturated carbocycles. The largest absolute Gasteiger partial charge is 0.376 e. The van der Waals surface area contributed by atoms with Gasteiger partial charge >= 0.3 is 0 Å². The minimum atomic E-state index is -0.969. The number of fused-ring (bicyclic) bond motifs is 1. The molecule has 94 valence electrons. The fourth-order valence-corrected chi connectivity index (χ4v) is 2.16. The summed E-state index contributed by atoms with van der Waals surface area (Å²) in [7, 11) is 1.82. The van der Waals surface area contributed by atoms with E-state index in [2.05, 4.69) is 9.97 Å². The third-order valence-corrected chi connectivity index (χ3v) is 3.28. The van der Waals surface area contributed by atoms with Crippen molar-refractivity contribution in [3.05, 3.63) is 30.5 Å². The summed E-state index contributed by atoms with van der Waals surface area (Å²) in [6.45, 7) is 0.558. The number of alkyl halides is 1. The van der Waals surface area contributed by atoms with Crippen molar-refractivity contribution in [2.75, 3.05) is 25.2 Å². The van der Waals surface area contributed by atoms with Crippen LogP contribution in [-0.2, 0) is 4.74 Å². The van der Waals surface area contributed by atoms with Crippen LogP contribution in [0.15, 0.2) is 30.5 Å². The van der Waals surface area contributed by atoms with E-state index in [1.54, 1.807) is 11.1 Å². The topological polar surface area (TPSA) is 38.2 Å². The lowest BCUT2D eigenvalue weighted by Gasteiger charge is -2.25. The highest BCUT2D eigenvalue weighted by atomic mass is 19.1. The van der Waals surface area contributed by atoms with Gasteiger partial charge in [-0.15, -0.1) is 0 Å². The van der Waals surface area contributed by atoms with E-state index in [0.717, 1.165) is 11.0 Å². The highest BCUT2D eigenvalue weighted by molar-refractivity contribution is 5.75. The van der Waals surface area contributed by atoms with E-state index in [9.17, 15) is 4.39 Å². The summed E-state index contributed by atoms with van der Waals surface area (Å²) in [5, 5.41) is 0. The Bertz CT molecular complexity index is 563. The van der Waals surface area contributed by atoms with Crippen LogP contribution in [0, 0.1) is 0 Å². The quantitative estimate of drug-likeness (QED) is 0.811. The van der Waals surface area contributed by atoms with Crippen LogP contribution in [0.3, 0.4) is 0 Å². The second-order valence-electron chi connectivity index (χ2n) is 4.45. The predicted molar refractivity (Wildman–Crippen MR) is 67.4 cm³/mol. The van der Waals surface area contributed by atoms with Crippen molar-refractivity contribution in [2.45, 2.75) is 12.2 Å². The number of ether oxygens (including phenoxy) is 1. The second kappa shape index (κ2) is 4.49. The molecule has 0 amide bonds. The number of likely N-dealkylation sites (N-methyl/N-ethyl adjacent to an activating group) is 1. The summed E-state index contributed by atoms with van der Waals surface area (Å²) < 4.78 is 18.8. The Balaban J connectivity index is 1.93. The fraction of sp³-hybridized carbons (Fsp3) is 0.385. The zero-order valence-corrected chi connectivity index (χ0v) is 10.1. The summed E-state index contributed by atoms with van der Waals surface area (Å²) in [6.07, 6.45) is 0.705. The van der Waals surface area contributed by atoms with Crippen LogP contribution in [0.25, 0.3) is 11.0 Å². The summed E-state index contributed by atoms with van der Waals surface area (Å²) in [6, 6.07) is 7.36. The number of halogens is 1. The van der Waals surface area contributed by atoms with Gasteiger partial charge in [0.15, 0.2) is 0 Å². The Morgan fingerprint density at radius 2 is 2.06 bits per heavy atom. The van der Waals surface area contributed by atoms with Gasteiger partial charge in [-0.3, -0.25) is 4.98 Å². The molecule has 2 heterocycles. The highest BCUT2D eigenvalue weighted by Crippen LogP contribution is 2.21. The maximum Gasteiger partial charge on any atom is 0.148 e. The van der Waals surface area contributed by atoms with Gasteiger partial charge in [-0.2, -0.15) is 0 Å². The van der Waals surface area contributed by atoms with Crippen LogP contribution in [0.4, 0.5) is 10.2 Å². The van der Waals surface area contributed by atoms with Crippen molar-refractivity contribution >= 4 is 16.9 Å². The van der Waals surface area contributed by atoms with Crippen LogP contribution in [0.2, 0.25) is 0 Å². The van der Waals surface area contributed by atoms with E-state index >= 15 is 0 Å². The van der Waals surface area contributed by atoms with Crippen LogP contribution in [-0.4, -0.2) is 42.4 Å². The molecule has 1 aromatic carbocycles. The molecule has 18 heavy (non-hydrogen) atoms. The zero-order valence-electron chi connectivity index (χ0n) is 10.1. The van der Waals surface area contributed by atoms with E-state index in [1.807, 2.05) is 31.3 Å². The standard InChI is InChI=1S/C13H14FN3O/c1-17(12-8-18-7-9(12)14)13-6-15-10-4-2-3-5-11(10)16-13/h2-6,9,12H,7-8H2,1H3. The highest BCUT2D eigenvalue weighted by Gasteiger charge is 2.32. The van der Waals surface area contributed by atoms with E-state index in [0.29, 0.717) is 12.4 Å². The maximum absolute atomic E-state index is 13.6. The molecule has 2 atom stereocenters. The molecule has 1 aromatic heterocycles. The fourth-order valence-electron chi connectivity index (χ4n) is 2.16. The lowest BCUT2D eigenvalue weighted by atomic mass is 10.2. The summed E-state index contributed by atoms with van der Waals surface area (Å²) in [5.74, 6) is 0.673. The predicted octanol–water partition coefficient (Wildman–Crippen LogP) is 1.80. The summed E-state index contributed by atoms with van der Waals surface area (Å²) in [5.41, 5.74) is 1.66. The van der Waals surface area contributed by atoms with E-state index in [1.165, 1.54) is 0 Å². The number of hydrogen-bond donors (Lipinski definition) is 0. The van der Waals surface area contributed by atoms with Crippen molar-refractivity contribution in [3.63, 3.8) is 0 Å². The van der Waals surface area contributed by atoms with Gasteiger partial charge in [0.25, 0.3) is 0 Å². The lowest BCUT2D eigenvalue weighted by Crippen LogP contribution is -2.39. The molecular formula is C13H14FN3O. The molecule has 0 aliphatic carbocycles. The van der Waals surface area contributed by atoms with E-state index in [4.69, 9.17) is 4.74 Å². The second-order valence-corrected chi connectivity index (χ2v) is 4.45. The lowest BCUT2D eigenvalue weighted by molar-refractivity contribution is 0.173. The summed E-state index contributed by atoms with van der Waals surface area (Å²) in [4.78, 5) is 10.6. The van der Waals surface area contributed by atoms with Crippen molar-refractivity contribution in [2.24, 2.45) is 0 Å². The molecule has 4 nitrogen and oxygen atoms in total. The molecular weight excluding hydrogens is 233 g/mol. The first-order valence-electron chi connectivity index (χ1n) is 5.92. The first kappa shape index (κ1) is 11.3. The SMILES string of the molecule is CN(c1cnc2ccccc2n1)C1COCC1F. The maximum atomic E-state index is 13.6. The van der Waals surface area contributed by atoms with Crippen LogP contribution < -0.4 is 4.90 Å². The van der Waals surface area contributed by atoms with Gasteiger partial charge in [0.05, 0.1) is 36.5 Å². The Kier molecular flexibility index (Phi) is 2.83. The molecule has 0 N–H and O–H groups in total. The van der Waals surface area contributed by atoms with Crippen LogP contribution in [0.5, 0.6) is 0 Å². The molecule has 1 aliphatic rings. The van der Waals surface area contributed by atoms with Gasteiger partial charge < -0.3 is 9.64 Å². The third-order valence-electron chi connectivity index (χ3n) is 3.28.